The van der Waals surface area contributed by atoms with Gasteiger partial charge in [-0.25, -0.2) is 4.98 Å². The Morgan fingerprint density at radius 2 is 2.18 bits per heavy atom. The fourth-order valence-corrected chi connectivity index (χ4v) is 1.74. The molecular formula is C11H7N3O3. The van der Waals surface area contributed by atoms with Crippen molar-refractivity contribution in [3.8, 4) is 11.3 Å². The average Bonchev–Trinajstić information content (AvgIpc) is 2.97. The average molecular weight is 229 g/mol. The Bertz CT molecular complexity index is 685. The molecule has 0 bridgehead atoms. The summed E-state index contributed by atoms with van der Waals surface area (Å²) < 4.78 is 5.27. The second-order valence-corrected chi connectivity index (χ2v) is 3.50. The smallest absolute Gasteiger partial charge is 0.433 e. The predicted octanol–water partition coefficient (Wildman–Crippen LogP) is 2.73. The van der Waals surface area contributed by atoms with Crippen LogP contribution in [0.5, 0.6) is 0 Å². The molecule has 3 rings (SSSR count). The number of hydrogen-bond acceptors (Lipinski definition) is 4. The fraction of sp³-hybridized carbons (Fsp3) is 0. The summed E-state index contributed by atoms with van der Waals surface area (Å²) in [5, 5.41) is 10.7. The van der Waals surface area contributed by atoms with E-state index in [1.54, 1.807) is 30.5 Å². The summed E-state index contributed by atoms with van der Waals surface area (Å²) in [6.07, 6.45) is 1.55. The van der Waals surface area contributed by atoms with Crippen molar-refractivity contribution >= 4 is 17.0 Å². The number of aromatic nitrogens is 2. The van der Waals surface area contributed by atoms with Crippen molar-refractivity contribution in [1.82, 2.24) is 9.97 Å². The SMILES string of the molecule is O=[N+]([O-])c1nc2c(-c3ccco3)cccc2[nH]1. The lowest BCUT2D eigenvalue weighted by molar-refractivity contribution is -0.393. The van der Waals surface area contributed by atoms with Gasteiger partial charge in [0.2, 0.25) is 0 Å². The van der Waals surface area contributed by atoms with Gasteiger partial charge in [-0.05, 0) is 29.2 Å². The van der Waals surface area contributed by atoms with Gasteiger partial charge in [-0.2, -0.15) is 0 Å². The Labute approximate surface area is 95.0 Å². The van der Waals surface area contributed by atoms with Crippen LogP contribution in [0.3, 0.4) is 0 Å². The highest BCUT2D eigenvalue weighted by Gasteiger charge is 2.18. The van der Waals surface area contributed by atoms with Crippen LogP contribution in [-0.2, 0) is 0 Å². The Morgan fingerprint density at radius 1 is 1.29 bits per heavy atom. The quantitative estimate of drug-likeness (QED) is 0.540. The number of H-pyrrole nitrogens is 1. The van der Waals surface area contributed by atoms with E-state index in [1.165, 1.54) is 0 Å². The number of para-hydroxylation sites is 1. The van der Waals surface area contributed by atoms with E-state index in [0.717, 1.165) is 5.56 Å². The van der Waals surface area contributed by atoms with Gasteiger partial charge in [0.15, 0.2) is 5.52 Å². The summed E-state index contributed by atoms with van der Waals surface area (Å²) in [6.45, 7) is 0. The molecule has 84 valence electrons. The predicted molar refractivity (Wildman–Crippen MR) is 60.5 cm³/mol. The normalized spacial score (nSPS) is 10.8. The summed E-state index contributed by atoms with van der Waals surface area (Å²) in [5.41, 5.74) is 1.89. The van der Waals surface area contributed by atoms with E-state index in [2.05, 4.69) is 9.97 Å². The van der Waals surface area contributed by atoms with E-state index in [-0.39, 0.29) is 5.95 Å². The molecule has 6 heteroatoms. The number of aromatic amines is 1. The first kappa shape index (κ1) is 9.59. The van der Waals surface area contributed by atoms with Gasteiger partial charge in [0.1, 0.15) is 11.3 Å². The van der Waals surface area contributed by atoms with Crippen LogP contribution in [0.25, 0.3) is 22.4 Å². The van der Waals surface area contributed by atoms with Gasteiger partial charge in [0.05, 0.1) is 11.8 Å². The summed E-state index contributed by atoms with van der Waals surface area (Å²) >= 11 is 0. The number of fused-ring (bicyclic) bond motifs is 1. The standard InChI is InChI=1S/C11H7N3O3/c15-14(16)11-12-8-4-1-3-7(10(8)13-11)9-5-2-6-17-9/h1-6H,(H,12,13). The molecule has 0 saturated heterocycles. The van der Waals surface area contributed by atoms with Crippen LogP contribution in [-0.4, -0.2) is 14.9 Å². The van der Waals surface area contributed by atoms with Crippen LogP contribution in [0.15, 0.2) is 41.0 Å². The molecule has 2 aromatic heterocycles. The molecule has 0 aliphatic carbocycles. The molecule has 17 heavy (non-hydrogen) atoms. The number of nitrogens with zero attached hydrogens (tertiary/aromatic N) is 2. The molecule has 1 N–H and O–H groups in total. The van der Waals surface area contributed by atoms with Gasteiger partial charge in [-0.3, -0.25) is 0 Å². The third-order valence-electron chi connectivity index (χ3n) is 2.46. The third kappa shape index (κ3) is 1.46. The first-order valence-corrected chi connectivity index (χ1v) is 4.93. The molecule has 1 aromatic carbocycles. The Hall–Kier alpha value is -2.63. The molecule has 0 aliphatic heterocycles. The van der Waals surface area contributed by atoms with Crippen LogP contribution >= 0.6 is 0 Å². The fourth-order valence-electron chi connectivity index (χ4n) is 1.74. The van der Waals surface area contributed by atoms with Crippen molar-refractivity contribution in [3.05, 3.63) is 46.7 Å². The van der Waals surface area contributed by atoms with Gasteiger partial charge >= 0.3 is 5.95 Å². The van der Waals surface area contributed by atoms with E-state index in [1.807, 2.05) is 6.07 Å². The van der Waals surface area contributed by atoms with Crippen LogP contribution < -0.4 is 0 Å². The van der Waals surface area contributed by atoms with Crippen molar-refractivity contribution in [2.45, 2.75) is 0 Å². The van der Waals surface area contributed by atoms with Gasteiger partial charge in [-0.1, -0.05) is 11.1 Å². The van der Waals surface area contributed by atoms with Crippen LogP contribution in [0, 0.1) is 10.1 Å². The highest BCUT2D eigenvalue weighted by atomic mass is 16.6. The number of hydrogen-bond donors (Lipinski definition) is 1. The van der Waals surface area contributed by atoms with E-state index >= 15 is 0 Å². The van der Waals surface area contributed by atoms with Crippen LogP contribution in [0.4, 0.5) is 5.95 Å². The van der Waals surface area contributed by atoms with Crippen molar-refractivity contribution in [1.29, 1.82) is 0 Å². The number of imidazole rings is 1. The monoisotopic (exact) mass is 229 g/mol. The first-order chi connectivity index (χ1) is 8.25. The molecule has 6 nitrogen and oxygen atoms in total. The lowest BCUT2D eigenvalue weighted by atomic mass is 10.1. The largest absolute Gasteiger partial charge is 0.464 e. The number of benzene rings is 1. The molecule has 0 radical (unpaired) electrons. The molecular weight excluding hydrogens is 222 g/mol. The molecule has 0 atom stereocenters. The molecule has 0 fully saturated rings. The lowest BCUT2D eigenvalue weighted by Crippen LogP contribution is -1.88. The van der Waals surface area contributed by atoms with Crippen LogP contribution in [0.2, 0.25) is 0 Å². The van der Waals surface area contributed by atoms with Gasteiger partial charge in [0, 0.05) is 0 Å². The first-order valence-electron chi connectivity index (χ1n) is 4.93. The van der Waals surface area contributed by atoms with E-state index in [0.29, 0.717) is 16.8 Å². The topological polar surface area (TPSA) is 85.0 Å². The van der Waals surface area contributed by atoms with Gasteiger partial charge in [0.25, 0.3) is 0 Å². The summed E-state index contributed by atoms with van der Waals surface area (Å²) in [5.74, 6) is 0.371. The zero-order valence-electron chi connectivity index (χ0n) is 8.58. The third-order valence-corrected chi connectivity index (χ3v) is 2.46. The number of rotatable bonds is 2. The molecule has 0 aliphatic rings. The van der Waals surface area contributed by atoms with Crippen LogP contribution in [0.1, 0.15) is 0 Å². The second-order valence-electron chi connectivity index (χ2n) is 3.50. The van der Waals surface area contributed by atoms with Gasteiger partial charge in [-0.15, -0.1) is 0 Å². The minimum absolute atomic E-state index is 0.265. The summed E-state index contributed by atoms with van der Waals surface area (Å²) in [7, 11) is 0. The molecule has 0 spiro atoms. The molecule has 3 aromatic rings. The molecule has 0 unspecified atom stereocenters. The Kier molecular flexibility index (Phi) is 1.94. The molecule has 0 saturated carbocycles. The van der Waals surface area contributed by atoms with E-state index < -0.39 is 4.92 Å². The summed E-state index contributed by atoms with van der Waals surface area (Å²) in [6, 6.07) is 8.89. The Balaban J connectivity index is 2.29. The van der Waals surface area contributed by atoms with Crippen molar-refractivity contribution in [2.75, 3.05) is 0 Å². The minimum atomic E-state index is -0.550. The van der Waals surface area contributed by atoms with Gasteiger partial charge < -0.3 is 14.5 Å². The minimum Gasteiger partial charge on any atom is -0.464 e. The zero-order chi connectivity index (χ0) is 11.8. The van der Waals surface area contributed by atoms with E-state index in [4.69, 9.17) is 4.42 Å². The van der Waals surface area contributed by atoms with E-state index in [9.17, 15) is 10.1 Å². The highest BCUT2D eigenvalue weighted by Crippen LogP contribution is 2.28. The summed E-state index contributed by atoms with van der Waals surface area (Å²) in [4.78, 5) is 16.7. The maximum atomic E-state index is 10.7. The van der Waals surface area contributed by atoms with Crippen molar-refractivity contribution < 1.29 is 9.34 Å². The number of nitro groups is 1. The van der Waals surface area contributed by atoms with Crippen molar-refractivity contribution in [2.24, 2.45) is 0 Å². The molecule has 0 amide bonds. The maximum Gasteiger partial charge on any atom is 0.433 e. The maximum absolute atomic E-state index is 10.7. The van der Waals surface area contributed by atoms with Crippen molar-refractivity contribution in [3.63, 3.8) is 0 Å². The molecule has 2 heterocycles. The second kappa shape index (κ2) is 3.44. The number of furan rings is 1. The highest BCUT2D eigenvalue weighted by molar-refractivity contribution is 5.91. The lowest BCUT2D eigenvalue weighted by Gasteiger charge is -1.93. The Morgan fingerprint density at radius 3 is 2.88 bits per heavy atom. The zero-order valence-corrected chi connectivity index (χ0v) is 8.58. The number of nitrogens with one attached hydrogen (secondary N) is 1.